The molecule has 7 nitrogen and oxygen atoms in total. The van der Waals surface area contributed by atoms with Crippen LogP contribution in [0.5, 0.6) is 5.75 Å². The third-order valence-electron chi connectivity index (χ3n) is 4.41. The van der Waals surface area contributed by atoms with Crippen molar-refractivity contribution in [3.8, 4) is 17.1 Å². The minimum absolute atomic E-state index is 0.00393. The quantitative estimate of drug-likeness (QED) is 0.481. The second kappa shape index (κ2) is 10.2. The van der Waals surface area contributed by atoms with Crippen LogP contribution in [0.1, 0.15) is 30.7 Å². The maximum absolute atomic E-state index is 12.1. The van der Waals surface area contributed by atoms with Crippen molar-refractivity contribution in [3.63, 3.8) is 0 Å². The third-order valence-corrected chi connectivity index (χ3v) is 5.76. The van der Waals surface area contributed by atoms with E-state index in [-0.39, 0.29) is 5.75 Å². The van der Waals surface area contributed by atoms with Crippen molar-refractivity contribution in [1.29, 1.82) is 0 Å². The maximum Gasteiger partial charge on any atom is 0.226 e. The molecule has 154 valence electrons. The first-order valence-corrected chi connectivity index (χ1v) is 11.2. The predicted octanol–water partition coefficient (Wildman–Crippen LogP) is 3.58. The summed E-state index contributed by atoms with van der Waals surface area (Å²) in [4.78, 5) is 4.41. The van der Waals surface area contributed by atoms with Gasteiger partial charge in [0.1, 0.15) is 5.75 Å². The normalized spacial score (nSPS) is 11.5. The molecule has 1 aromatic heterocycles. The van der Waals surface area contributed by atoms with E-state index in [1.807, 2.05) is 54.6 Å². The van der Waals surface area contributed by atoms with E-state index in [0.29, 0.717) is 24.7 Å². The Morgan fingerprint density at radius 1 is 1.00 bits per heavy atom. The van der Waals surface area contributed by atoms with Crippen LogP contribution in [0.4, 0.5) is 0 Å². The number of benzene rings is 2. The zero-order valence-corrected chi connectivity index (χ0v) is 17.2. The Balaban J connectivity index is 1.36. The molecule has 1 N–H and O–H groups in total. The van der Waals surface area contributed by atoms with Crippen molar-refractivity contribution in [2.24, 2.45) is 0 Å². The summed E-state index contributed by atoms with van der Waals surface area (Å²) in [5, 5.41) is 4.01. The number of aryl methyl sites for hydroxylation is 1. The highest BCUT2D eigenvalue weighted by Crippen LogP contribution is 2.20. The second-order valence-corrected chi connectivity index (χ2v) is 8.50. The number of nitrogens with zero attached hydrogens (tertiary/aromatic N) is 2. The number of sulfonamides is 1. The summed E-state index contributed by atoms with van der Waals surface area (Å²) >= 11 is 0. The number of methoxy groups -OCH3 is 1. The van der Waals surface area contributed by atoms with Gasteiger partial charge in [0.15, 0.2) is 0 Å². The van der Waals surface area contributed by atoms with E-state index in [0.717, 1.165) is 36.1 Å². The zero-order chi connectivity index (χ0) is 20.5. The molecule has 0 saturated heterocycles. The smallest absolute Gasteiger partial charge is 0.226 e. The lowest BCUT2D eigenvalue weighted by molar-refractivity contribution is 0.374. The van der Waals surface area contributed by atoms with Gasteiger partial charge in [-0.25, -0.2) is 13.1 Å². The second-order valence-electron chi connectivity index (χ2n) is 6.69. The molecule has 0 saturated carbocycles. The van der Waals surface area contributed by atoms with Crippen LogP contribution < -0.4 is 9.46 Å². The van der Waals surface area contributed by atoms with E-state index in [1.54, 1.807) is 7.11 Å². The van der Waals surface area contributed by atoms with Gasteiger partial charge in [-0.2, -0.15) is 4.98 Å². The number of unbranched alkanes of at least 4 members (excludes halogenated alkanes) is 2. The number of nitrogens with one attached hydrogen (secondary N) is 1. The van der Waals surface area contributed by atoms with Crippen molar-refractivity contribution in [2.45, 2.75) is 31.4 Å². The van der Waals surface area contributed by atoms with Crippen LogP contribution in [0.2, 0.25) is 0 Å². The number of aromatic nitrogens is 2. The molecule has 3 aromatic rings. The fourth-order valence-electron chi connectivity index (χ4n) is 2.86. The Morgan fingerprint density at radius 3 is 2.48 bits per heavy atom. The summed E-state index contributed by atoms with van der Waals surface area (Å²) in [5.41, 5.74) is 1.65. The van der Waals surface area contributed by atoms with Crippen LogP contribution in [0, 0.1) is 0 Å². The van der Waals surface area contributed by atoms with Crippen molar-refractivity contribution in [3.05, 3.63) is 66.1 Å². The number of hydrogen-bond acceptors (Lipinski definition) is 6. The molecular formula is C21H25N3O4S. The van der Waals surface area contributed by atoms with E-state index in [9.17, 15) is 8.42 Å². The Hall–Kier alpha value is -2.71. The molecule has 0 amide bonds. The van der Waals surface area contributed by atoms with Crippen LogP contribution in [0.25, 0.3) is 11.4 Å². The van der Waals surface area contributed by atoms with Crippen molar-refractivity contribution >= 4 is 10.0 Å². The summed E-state index contributed by atoms with van der Waals surface area (Å²) in [6.45, 7) is 0.427. The average molecular weight is 416 g/mol. The molecular weight excluding hydrogens is 390 g/mol. The van der Waals surface area contributed by atoms with Crippen molar-refractivity contribution in [1.82, 2.24) is 14.9 Å². The monoisotopic (exact) mass is 415 g/mol. The van der Waals surface area contributed by atoms with Crippen LogP contribution in [-0.2, 0) is 22.2 Å². The highest BCUT2D eigenvalue weighted by molar-refractivity contribution is 7.88. The van der Waals surface area contributed by atoms with Crippen LogP contribution in [0.15, 0.2) is 59.1 Å². The molecule has 29 heavy (non-hydrogen) atoms. The molecule has 0 aliphatic heterocycles. The van der Waals surface area contributed by atoms with Gasteiger partial charge in [0.25, 0.3) is 0 Å². The Bertz CT molecular complexity index is 986. The van der Waals surface area contributed by atoms with Gasteiger partial charge in [0, 0.05) is 18.5 Å². The summed E-state index contributed by atoms with van der Waals surface area (Å²) in [7, 11) is -1.69. The highest BCUT2D eigenvalue weighted by atomic mass is 32.2. The van der Waals surface area contributed by atoms with Gasteiger partial charge in [-0.15, -0.1) is 0 Å². The average Bonchev–Trinajstić information content (AvgIpc) is 3.20. The molecule has 0 radical (unpaired) electrons. The molecule has 0 fully saturated rings. The van der Waals surface area contributed by atoms with Crippen LogP contribution in [0.3, 0.4) is 0 Å². The first kappa shape index (κ1) is 21.0. The SMILES string of the molecule is COc1ccc(-c2noc(CCCCCNS(=O)(=O)Cc3ccccc3)n2)cc1. The standard InChI is InChI=1S/C21H25N3O4S/c1-27-19-13-11-18(12-14-19)21-23-20(28-24-21)10-6-3-7-15-22-29(25,26)16-17-8-4-2-5-9-17/h2,4-5,8-9,11-14,22H,3,6-7,10,15-16H2,1H3. The lowest BCUT2D eigenvalue weighted by Gasteiger charge is -2.06. The molecule has 0 aliphatic rings. The minimum atomic E-state index is -3.31. The van der Waals surface area contributed by atoms with Crippen LogP contribution in [-0.4, -0.2) is 32.2 Å². The Labute approximate surface area is 171 Å². The highest BCUT2D eigenvalue weighted by Gasteiger charge is 2.11. The lowest BCUT2D eigenvalue weighted by atomic mass is 10.2. The summed E-state index contributed by atoms with van der Waals surface area (Å²) in [6, 6.07) is 16.6. The minimum Gasteiger partial charge on any atom is -0.497 e. The first-order valence-electron chi connectivity index (χ1n) is 9.54. The van der Waals surface area contributed by atoms with Gasteiger partial charge < -0.3 is 9.26 Å². The molecule has 0 unspecified atom stereocenters. The molecule has 3 rings (SSSR count). The van der Waals surface area contributed by atoms with Crippen molar-refractivity contribution in [2.75, 3.05) is 13.7 Å². The number of hydrogen-bond donors (Lipinski definition) is 1. The fraction of sp³-hybridized carbons (Fsp3) is 0.333. The lowest BCUT2D eigenvalue weighted by Crippen LogP contribution is -2.26. The van der Waals surface area contributed by atoms with E-state index in [2.05, 4.69) is 14.9 Å². The maximum atomic E-state index is 12.1. The molecule has 2 aromatic carbocycles. The molecule has 8 heteroatoms. The van der Waals surface area contributed by atoms with Gasteiger partial charge in [0.2, 0.25) is 21.7 Å². The topological polar surface area (TPSA) is 94.3 Å². The molecule has 1 heterocycles. The van der Waals surface area contributed by atoms with Gasteiger partial charge in [0.05, 0.1) is 12.9 Å². The molecule has 0 spiro atoms. The van der Waals surface area contributed by atoms with E-state index in [1.165, 1.54) is 0 Å². The molecule has 0 bridgehead atoms. The summed E-state index contributed by atoms with van der Waals surface area (Å²) in [5.74, 6) is 1.91. The number of rotatable bonds is 11. The fourth-order valence-corrected chi connectivity index (χ4v) is 4.05. The van der Waals surface area contributed by atoms with E-state index < -0.39 is 10.0 Å². The van der Waals surface area contributed by atoms with Gasteiger partial charge >= 0.3 is 0 Å². The Morgan fingerprint density at radius 2 is 1.76 bits per heavy atom. The van der Waals surface area contributed by atoms with E-state index in [4.69, 9.17) is 9.26 Å². The van der Waals surface area contributed by atoms with Crippen LogP contribution >= 0.6 is 0 Å². The Kier molecular flexibility index (Phi) is 7.37. The summed E-state index contributed by atoms with van der Waals surface area (Å²) in [6.07, 6.45) is 3.15. The predicted molar refractivity (Wildman–Crippen MR) is 111 cm³/mol. The third kappa shape index (κ3) is 6.69. The zero-order valence-electron chi connectivity index (χ0n) is 16.4. The molecule has 0 aliphatic carbocycles. The van der Waals surface area contributed by atoms with Crippen molar-refractivity contribution < 1.29 is 17.7 Å². The first-order chi connectivity index (χ1) is 14.1. The van der Waals surface area contributed by atoms with Gasteiger partial charge in [-0.05, 0) is 42.7 Å². The van der Waals surface area contributed by atoms with Gasteiger partial charge in [-0.1, -0.05) is 41.9 Å². The summed E-state index contributed by atoms with van der Waals surface area (Å²) < 4.78 is 37.2. The largest absolute Gasteiger partial charge is 0.497 e. The van der Waals surface area contributed by atoms with E-state index >= 15 is 0 Å². The van der Waals surface area contributed by atoms with Gasteiger partial charge in [-0.3, -0.25) is 0 Å². The number of ether oxygens (including phenoxy) is 1. The molecule has 0 atom stereocenters.